The Bertz CT molecular complexity index is 1520. The largest absolute Gasteiger partial charge is 0.487 e. The summed E-state index contributed by atoms with van der Waals surface area (Å²) in [6.45, 7) is 16.0. The van der Waals surface area contributed by atoms with E-state index in [4.69, 9.17) is 13.9 Å². The molecule has 0 saturated carbocycles. The summed E-state index contributed by atoms with van der Waals surface area (Å²) in [7, 11) is -4.44. The summed E-state index contributed by atoms with van der Waals surface area (Å²) in [4.78, 5) is 12.1. The molecule has 240 valence electrons. The van der Waals surface area contributed by atoms with Gasteiger partial charge in [0.05, 0.1) is 30.7 Å². The molecular weight excluding hydrogens is 593 g/mol. The summed E-state index contributed by atoms with van der Waals surface area (Å²) in [6.07, 6.45) is 1.43. The SMILES string of the molecule is COC(=O)c1cccc(CC(C)(C)NC[C@H](O[Si](C)(C)C(C)(C)C)c2ccc(OCc3ccccc3)c(NS(C)(=O)=O)c2)c1. The number of carbonyl (C=O) groups is 1. The Morgan fingerprint density at radius 1 is 0.909 bits per heavy atom. The van der Waals surface area contributed by atoms with Crippen LogP contribution in [0.4, 0.5) is 5.69 Å². The number of rotatable bonds is 14. The third-order valence-electron chi connectivity index (χ3n) is 7.91. The van der Waals surface area contributed by atoms with Crippen LogP contribution in [0.25, 0.3) is 0 Å². The second-order valence-corrected chi connectivity index (χ2v) is 19.9. The lowest BCUT2D eigenvalue weighted by molar-refractivity contribution is 0.0600. The van der Waals surface area contributed by atoms with E-state index < -0.39 is 18.3 Å². The Morgan fingerprint density at radius 2 is 1.57 bits per heavy atom. The van der Waals surface area contributed by atoms with Crippen LogP contribution in [0.2, 0.25) is 18.1 Å². The molecule has 0 aromatic heterocycles. The van der Waals surface area contributed by atoms with Crippen molar-refractivity contribution in [1.29, 1.82) is 0 Å². The number of sulfonamides is 1. The molecule has 0 aliphatic carbocycles. The first-order valence-electron chi connectivity index (χ1n) is 14.8. The van der Waals surface area contributed by atoms with E-state index in [0.29, 0.717) is 36.6 Å². The van der Waals surface area contributed by atoms with Crippen molar-refractivity contribution >= 4 is 30.0 Å². The number of hydrogen-bond acceptors (Lipinski definition) is 7. The van der Waals surface area contributed by atoms with Gasteiger partial charge in [0.1, 0.15) is 12.4 Å². The fourth-order valence-electron chi connectivity index (χ4n) is 4.52. The first kappa shape index (κ1) is 35.3. The van der Waals surface area contributed by atoms with Crippen molar-refractivity contribution in [2.45, 2.75) is 77.4 Å². The van der Waals surface area contributed by atoms with Crippen LogP contribution < -0.4 is 14.8 Å². The van der Waals surface area contributed by atoms with Gasteiger partial charge >= 0.3 is 5.97 Å². The predicted molar refractivity (Wildman–Crippen MR) is 180 cm³/mol. The summed E-state index contributed by atoms with van der Waals surface area (Å²) in [5.74, 6) is 0.0723. The Balaban J connectivity index is 1.92. The van der Waals surface area contributed by atoms with Crippen molar-refractivity contribution in [3.8, 4) is 5.75 Å². The molecule has 3 aromatic rings. The first-order chi connectivity index (χ1) is 20.4. The Hall–Kier alpha value is -3.18. The molecule has 3 rings (SSSR count). The first-order valence-corrected chi connectivity index (χ1v) is 19.6. The molecule has 10 heteroatoms. The third-order valence-corrected chi connectivity index (χ3v) is 13.0. The van der Waals surface area contributed by atoms with E-state index >= 15 is 0 Å². The number of ether oxygens (including phenoxy) is 2. The highest BCUT2D eigenvalue weighted by Crippen LogP contribution is 2.41. The van der Waals surface area contributed by atoms with Crippen molar-refractivity contribution < 1.29 is 27.1 Å². The van der Waals surface area contributed by atoms with Gasteiger partial charge in [-0.2, -0.15) is 0 Å². The summed E-state index contributed by atoms with van der Waals surface area (Å²) in [5.41, 5.74) is 3.35. The number of esters is 1. The van der Waals surface area contributed by atoms with Crippen molar-refractivity contribution in [2.24, 2.45) is 0 Å². The van der Waals surface area contributed by atoms with Gasteiger partial charge in [-0.3, -0.25) is 4.72 Å². The lowest BCUT2D eigenvalue weighted by Gasteiger charge is -2.40. The van der Waals surface area contributed by atoms with Crippen LogP contribution in [0, 0.1) is 0 Å². The molecule has 1 atom stereocenters. The van der Waals surface area contributed by atoms with Gasteiger partial charge < -0.3 is 19.2 Å². The predicted octanol–water partition coefficient (Wildman–Crippen LogP) is 7.10. The zero-order valence-electron chi connectivity index (χ0n) is 27.5. The fraction of sp³-hybridized carbons (Fsp3) is 0.441. The standard InChI is InChI=1S/C34H48N2O6SSi/c1-33(2,3)44(8,9)42-31(23-35-34(4,5)22-26-16-13-17-28(20-26)32(37)40-6)27-18-19-30(29(21-27)36-43(7,38)39)41-24-25-14-11-10-12-15-25/h10-21,31,35-36H,22-24H2,1-9H3/t31-/m0/s1. The highest BCUT2D eigenvalue weighted by atomic mass is 32.2. The number of nitrogens with one attached hydrogen (secondary N) is 2. The molecule has 0 aliphatic rings. The van der Waals surface area contributed by atoms with Gasteiger partial charge in [0.25, 0.3) is 0 Å². The maximum Gasteiger partial charge on any atom is 0.337 e. The van der Waals surface area contributed by atoms with E-state index in [1.165, 1.54) is 7.11 Å². The number of anilines is 1. The van der Waals surface area contributed by atoms with Crippen LogP contribution >= 0.6 is 0 Å². The molecule has 0 bridgehead atoms. The van der Waals surface area contributed by atoms with Crippen LogP contribution in [0.3, 0.4) is 0 Å². The molecule has 0 heterocycles. The summed E-state index contributed by atoms with van der Waals surface area (Å²) < 4.78 is 45.3. The van der Waals surface area contributed by atoms with E-state index in [9.17, 15) is 13.2 Å². The molecule has 0 amide bonds. The van der Waals surface area contributed by atoms with Gasteiger partial charge in [-0.05, 0) is 79.4 Å². The van der Waals surface area contributed by atoms with E-state index in [0.717, 1.165) is 22.9 Å². The van der Waals surface area contributed by atoms with Crippen molar-refractivity contribution in [3.05, 3.63) is 95.1 Å². The maximum absolute atomic E-state index is 12.4. The number of benzene rings is 3. The Morgan fingerprint density at radius 3 is 2.18 bits per heavy atom. The van der Waals surface area contributed by atoms with E-state index in [-0.39, 0.29) is 22.7 Å². The average molecular weight is 641 g/mol. The molecule has 0 saturated heterocycles. The molecular formula is C34H48N2O6SSi. The number of hydrogen-bond donors (Lipinski definition) is 2. The fourth-order valence-corrected chi connectivity index (χ4v) is 6.36. The van der Waals surface area contributed by atoms with Crippen molar-refractivity contribution in [2.75, 3.05) is 24.6 Å². The molecule has 8 nitrogen and oxygen atoms in total. The van der Waals surface area contributed by atoms with Gasteiger partial charge in [-0.15, -0.1) is 0 Å². The normalized spacial score (nSPS) is 13.3. The maximum atomic E-state index is 12.4. The van der Waals surface area contributed by atoms with E-state index in [2.05, 4.69) is 57.8 Å². The average Bonchev–Trinajstić information content (AvgIpc) is 2.93. The highest BCUT2D eigenvalue weighted by Gasteiger charge is 2.40. The van der Waals surface area contributed by atoms with E-state index in [1.807, 2.05) is 60.7 Å². The molecule has 2 N–H and O–H groups in total. The molecule has 0 spiro atoms. The molecule has 44 heavy (non-hydrogen) atoms. The second-order valence-electron chi connectivity index (χ2n) is 13.4. The van der Waals surface area contributed by atoms with Gasteiger partial charge in [-0.25, -0.2) is 13.2 Å². The topological polar surface area (TPSA) is 103 Å². The van der Waals surface area contributed by atoms with Gasteiger partial charge in [0, 0.05) is 12.1 Å². The number of carbonyl (C=O) groups excluding carboxylic acids is 1. The van der Waals surface area contributed by atoms with Crippen molar-refractivity contribution in [3.63, 3.8) is 0 Å². The third kappa shape index (κ3) is 10.5. The van der Waals surface area contributed by atoms with E-state index in [1.54, 1.807) is 12.1 Å². The second kappa shape index (κ2) is 14.3. The van der Waals surface area contributed by atoms with Crippen LogP contribution in [0.5, 0.6) is 5.75 Å². The lowest BCUT2D eigenvalue weighted by atomic mass is 9.93. The van der Waals surface area contributed by atoms with Gasteiger partial charge in [-0.1, -0.05) is 69.3 Å². The summed E-state index contributed by atoms with van der Waals surface area (Å²) >= 11 is 0. The molecule has 0 fully saturated rings. The van der Waals surface area contributed by atoms with Crippen LogP contribution in [-0.4, -0.2) is 48.2 Å². The molecule has 3 aromatic carbocycles. The smallest absolute Gasteiger partial charge is 0.337 e. The zero-order chi connectivity index (χ0) is 32.8. The van der Waals surface area contributed by atoms with Gasteiger partial charge in [0.15, 0.2) is 8.32 Å². The van der Waals surface area contributed by atoms with Crippen LogP contribution in [-0.2, 0) is 32.2 Å². The minimum atomic E-state index is -3.58. The monoisotopic (exact) mass is 640 g/mol. The molecule has 0 aliphatic heterocycles. The Labute approximate surface area is 264 Å². The quantitative estimate of drug-likeness (QED) is 0.143. The highest BCUT2D eigenvalue weighted by molar-refractivity contribution is 7.92. The lowest BCUT2D eigenvalue weighted by Crippen LogP contribution is -2.47. The summed E-state index contributed by atoms with van der Waals surface area (Å²) in [5, 5.41) is 3.64. The molecule has 0 radical (unpaired) electrons. The molecule has 0 unspecified atom stereocenters. The van der Waals surface area contributed by atoms with Crippen molar-refractivity contribution in [1.82, 2.24) is 5.32 Å². The minimum absolute atomic E-state index is 0.0400. The summed E-state index contributed by atoms with van der Waals surface area (Å²) in [6, 6.07) is 22.7. The number of methoxy groups -OCH3 is 1. The van der Waals surface area contributed by atoms with Gasteiger partial charge in [0.2, 0.25) is 10.0 Å². The zero-order valence-corrected chi connectivity index (χ0v) is 29.3. The van der Waals surface area contributed by atoms with Crippen LogP contribution in [0.15, 0.2) is 72.8 Å². The minimum Gasteiger partial charge on any atom is -0.487 e. The van der Waals surface area contributed by atoms with Crippen LogP contribution in [0.1, 0.15) is 67.8 Å². The Kier molecular flexibility index (Phi) is 11.5.